The van der Waals surface area contributed by atoms with Gasteiger partial charge in [0.1, 0.15) is 0 Å². The normalized spacial score (nSPS) is 11.6. The molecular formula is C22H28IN. The molecule has 0 aliphatic carbocycles. The van der Waals surface area contributed by atoms with Crippen molar-refractivity contribution >= 4 is 44.4 Å². The van der Waals surface area contributed by atoms with Gasteiger partial charge in [-0.25, -0.2) is 0 Å². The largest absolute Gasteiger partial charge is 0.354 e. The van der Waals surface area contributed by atoms with E-state index in [1.54, 1.807) is 0 Å². The van der Waals surface area contributed by atoms with Crippen molar-refractivity contribution < 1.29 is 0 Å². The quantitative estimate of drug-likeness (QED) is 0.264. The smallest absolute Gasteiger partial charge is 0.0475 e. The van der Waals surface area contributed by atoms with E-state index in [4.69, 9.17) is 0 Å². The van der Waals surface area contributed by atoms with Gasteiger partial charge in [0.2, 0.25) is 0 Å². The third-order valence-corrected chi connectivity index (χ3v) is 5.62. The number of halogens is 1. The fourth-order valence-corrected chi connectivity index (χ4v) is 4.03. The van der Waals surface area contributed by atoms with Gasteiger partial charge >= 0.3 is 0 Å². The molecule has 0 saturated carbocycles. The number of unbranched alkanes of at least 4 members (excludes halogenated alkanes) is 7. The Balaban J connectivity index is 1.55. The fraction of sp³-hybridized carbons (Fsp3) is 0.455. The number of benzene rings is 2. The zero-order chi connectivity index (χ0) is 16.8. The van der Waals surface area contributed by atoms with Crippen LogP contribution in [0.5, 0.6) is 0 Å². The van der Waals surface area contributed by atoms with Crippen LogP contribution in [0.2, 0.25) is 0 Å². The molecule has 1 aromatic heterocycles. The molecule has 0 spiro atoms. The molecule has 128 valence electrons. The lowest BCUT2D eigenvalue weighted by molar-refractivity contribution is 0.575. The van der Waals surface area contributed by atoms with Crippen LogP contribution in [-0.4, -0.2) is 4.98 Å². The second-order valence-electron chi connectivity index (χ2n) is 6.92. The minimum Gasteiger partial charge on any atom is -0.354 e. The van der Waals surface area contributed by atoms with Crippen LogP contribution in [0.1, 0.15) is 63.9 Å². The highest BCUT2D eigenvalue weighted by atomic mass is 127. The van der Waals surface area contributed by atoms with Crippen LogP contribution in [-0.2, 0) is 6.42 Å². The molecule has 3 aromatic rings. The van der Waals surface area contributed by atoms with E-state index in [2.05, 4.69) is 70.9 Å². The van der Waals surface area contributed by atoms with Gasteiger partial charge in [0.05, 0.1) is 0 Å². The standard InChI is InChI=1S/C22H28IN/c1-2-3-4-5-6-7-8-9-10-17-11-14-21-20(15-17)19-13-12-18(23)16-22(19)24-21/h11-16,24H,2-10H2,1H3. The van der Waals surface area contributed by atoms with Crippen molar-refractivity contribution in [3.8, 4) is 0 Å². The average molecular weight is 433 g/mol. The van der Waals surface area contributed by atoms with Gasteiger partial charge in [0.15, 0.2) is 0 Å². The fourth-order valence-electron chi connectivity index (χ4n) is 3.54. The molecule has 0 bridgehead atoms. The maximum Gasteiger partial charge on any atom is 0.0475 e. The first kappa shape index (κ1) is 17.8. The van der Waals surface area contributed by atoms with Crippen molar-refractivity contribution in [3.63, 3.8) is 0 Å². The first-order valence-corrected chi connectivity index (χ1v) is 10.6. The van der Waals surface area contributed by atoms with Crippen LogP contribution in [0.3, 0.4) is 0 Å². The zero-order valence-corrected chi connectivity index (χ0v) is 16.9. The third-order valence-electron chi connectivity index (χ3n) is 4.94. The van der Waals surface area contributed by atoms with Crippen molar-refractivity contribution in [3.05, 3.63) is 45.5 Å². The van der Waals surface area contributed by atoms with E-state index in [9.17, 15) is 0 Å². The first-order valence-electron chi connectivity index (χ1n) is 9.48. The van der Waals surface area contributed by atoms with E-state index in [1.165, 1.54) is 88.7 Å². The van der Waals surface area contributed by atoms with Crippen molar-refractivity contribution in [2.24, 2.45) is 0 Å². The summed E-state index contributed by atoms with van der Waals surface area (Å²) in [5.41, 5.74) is 3.99. The van der Waals surface area contributed by atoms with Gasteiger partial charge in [-0.2, -0.15) is 0 Å². The Kier molecular flexibility index (Phi) is 6.59. The number of aromatic amines is 1. The van der Waals surface area contributed by atoms with Gasteiger partial charge in [-0.15, -0.1) is 0 Å². The second kappa shape index (κ2) is 8.89. The maximum absolute atomic E-state index is 3.54. The lowest BCUT2D eigenvalue weighted by atomic mass is 10.0. The second-order valence-corrected chi connectivity index (χ2v) is 8.17. The molecule has 2 aromatic carbocycles. The maximum atomic E-state index is 3.54. The topological polar surface area (TPSA) is 15.8 Å². The summed E-state index contributed by atoms with van der Waals surface area (Å²) in [6.07, 6.45) is 12.3. The predicted octanol–water partition coefficient (Wildman–Crippen LogP) is 7.61. The number of H-pyrrole nitrogens is 1. The van der Waals surface area contributed by atoms with Crippen molar-refractivity contribution in [1.82, 2.24) is 4.98 Å². The number of fused-ring (bicyclic) bond motifs is 3. The zero-order valence-electron chi connectivity index (χ0n) is 14.7. The van der Waals surface area contributed by atoms with Crippen molar-refractivity contribution in [1.29, 1.82) is 0 Å². The average Bonchev–Trinajstić information content (AvgIpc) is 2.94. The summed E-state index contributed by atoms with van der Waals surface area (Å²) in [6, 6.07) is 13.6. The monoisotopic (exact) mass is 433 g/mol. The Morgan fingerprint density at radius 1 is 0.750 bits per heavy atom. The van der Waals surface area contributed by atoms with E-state index < -0.39 is 0 Å². The molecule has 0 atom stereocenters. The Bertz CT molecular complexity index is 787. The number of hydrogen-bond donors (Lipinski definition) is 1. The third kappa shape index (κ3) is 4.53. The van der Waals surface area contributed by atoms with Gasteiger partial charge in [0.25, 0.3) is 0 Å². The highest BCUT2D eigenvalue weighted by molar-refractivity contribution is 14.1. The lowest BCUT2D eigenvalue weighted by Crippen LogP contribution is -1.86. The molecule has 1 N–H and O–H groups in total. The van der Waals surface area contributed by atoms with Crippen LogP contribution < -0.4 is 0 Å². The molecule has 0 amide bonds. The van der Waals surface area contributed by atoms with Gasteiger partial charge < -0.3 is 4.98 Å². The minimum absolute atomic E-state index is 1.21. The number of rotatable bonds is 9. The molecule has 0 fully saturated rings. The van der Waals surface area contributed by atoms with Crippen LogP contribution >= 0.6 is 22.6 Å². The number of aromatic nitrogens is 1. The number of hydrogen-bond acceptors (Lipinski definition) is 0. The molecule has 3 rings (SSSR count). The lowest BCUT2D eigenvalue weighted by Gasteiger charge is -2.03. The highest BCUT2D eigenvalue weighted by Crippen LogP contribution is 2.28. The molecule has 0 unspecified atom stereocenters. The summed E-state index contributed by atoms with van der Waals surface area (Å²) in [5.74, 6) is 0. The molecule has 0 aliphatic rings. The van der Waals surface area contributed by atoms with Gasteiger partial charge in [0, 0.05) is 25.4 Å². The van der Waals surface area contributed by atoms with E-state index in [0.29, 0.717) is 0 Å². The van der Waals surface area contributed by atoms with E-state index in [1.807, 2.05) is 0 Å². The van der Waals surface area contributed by atoms with Gasteiger partial charge in [-0.05, 0) is 65.3 Å². The summed E-state index contributed by atoms with van der Waals surface area (Å²) >= 11 is 2.38. The Morgan fingerprint density at radius 2 is 1.50 bits per heavy atom. The Hall–Kier alpha value is -1.03. The van der Waals surface area contributed by atoms with E-state index in [0.717, 1.165) is 0 Å². The molecule has 0 radical (unpaired) electrons. The molecule has 1 heterocycles. The van der Waals surface area contributed by atoms with Crippen LogP contribution in [0.4, 0.5) is 0 Å². The summed E-state index contributed by atoms with van der Waals surface area (Å²) in [6.45, 7) is 2.28. The highest BCUT2D eigenvalue weighted by Gasteiger charge is 2.05. The molecule has 2 heteroatoms. The number of aryl methyl sites for hydroxylation is 1. The Labute approximate surface area is 159 Å². The summed E-state index contributed by atoms with van der Waals surface area (Å²) in [4.78, 5) is 3.54. The van der Waals surface area contributed by atoms with Crippen molar-refractivity contribution in [2.45, 2.75) is 64.7 Å². The Morgan fingerprint density at radius 3 is 2.29 bits per heavy atom. The van der Waals surface area contributed by atoms with E-state index >= 15 is 0 Å². The van der Waals surface area contributed by atoms with Crippen molar-refractivity contribution in [2.75, 3.05) is 0 Å². The molecule has 0 saturated heterocycles. The van der Waals surface area contributed by atoms with E-state index in [-0.39, 0.29) is 0 Å². The summed E-state index contributed by atoms with van der Waals surface area (Å²) in [5, 5.41) is 2.72. The van der Waals surface area contributed by atoms with Crippen LogP contribution in [0.25, 0.3) is 21.8 Å². The van der Waals surface area contributed by atoms with Gasteiger partial charge in [-0.3, -0.25) is 0 Å². The van der Waals surface area contributed by atoms with Crippen LogP contribution in [0, 0.1) is 3.57 Å². The van der Waals surface area contributed by atoms with Crippen LogP contribution in [0.15, 0.2) is 36.4 Å². The first-order chi connectivity index (χ1) is 11.8. The molecular weight excluding hydrogens is 405 g/mol. The summed E-state index contributed by atoms with van der Waals surface area (Å²) in [7, 11) is 0. The molecule has 0 aliphatic heterocycles. The number of nitrogens with one attached hydrogen (secondary N) is 1. The summed E-state index contributed by atoms with van der Waals surface area (Å²) < 4.78 is 1.28. The SMILES string of the molecule is CCCCCCCCCCc1ccc2[nH]c3cc(I)ccc3c2c1. The molecule has 1 nitrogen and oxygen atoms in total. The minimum atomic E-state index is 1.21. The molecule has 24 heavy (non-hydrogen) atoms. The predicted molar refractivity (Wildman–Crippen MR) is 115 cm³/mol. The van der Waals surface area contributed by atoms with Gasteiger partial charge in [-0.1, -0.05) is 64.0 Å².